The van der Waals surface area contributed by atoms with Crippen LogP contribution in [0.25, 0.3) is 0 Å². The van der Waals surface area contributed by atoms with Crippen molar-refractivity contribution in [3.05, 3.63) is 34.4 Å². The number of carbonyl (C=O) groups is 1. The molecule has 0 amide bonds. The number of sulfonamides is 1. The molecule has 1 aliphatic rings. The first-order valence-electron chi connectivity index (χ1n) is 9.34. The minimum Gasteiger partial charge on any atom is -0.465 e. The summed E-state index contributed by atoms with van der Waals surface area (Å²) >= 11 is 3.40. The molecule has 0 bridgehead atoms. The van der Waals surface area contributed by atoms with Crippen LogP contribution >= 0.6 is 15.9 Å². The van der Waals surface area contributed by atoms with Crippen LogP contribution in [0.1, 0.15) is 20.8 Å². The van der Waals surface area contributed by atoms with Gasteiger partial charge in [0.1, 0.15) is 0 Å². The van der Waals surface area contributed by atoms with E-state index in [0.29, 0.717) is 11.9 Å². The molecule has 11 heteroatoms. The summed E-state index contributed by atoms with van der Waals surface area (Å²) in [6.45, 7) is 6.29. The fourth-order valence-electron chi connectivity index (χ4n) is 3.42. The quantitative estimate of drug-likeness (QED) is 0.237. The summed E-state index contributed by atoms with van der Waals surface area (Å²) < 4.78 is 33.2. The first-order valence-corrected chi connectivity index (χ1v) is 11.9. The maximum atomic E-state index is 13.4. The van der Waals surface area contributed by atoms with Gasteiger partial charge in [0.2, 0.25) is 10.0 Å². The number of nitrogens with zero attached hydrogens (tertiary/aromatic N) is 3. The van der Waals surface area contributed by atoms with Crippen LogP contribution in [0.5, 0.6) is 0 Å². The Bertz CT molecular complexity index is 848. The van der Waals surface area contributed by atoms with Crippen LogP contribution in [0.2, 0.25) is 0 Å². The summed E-state index contributed by atoms with van der Waals surface area (Å²) in [5, 5.41) is 11.8. The molecule has 0 N–H and O–H groups in total. The lowest BCUT2D eigenvalue weighted by molar-refractivity contribution is -0.387. The zero-order chi connectivity index (χ0) is 21.8. The summed E-state index contributed by atoms with van der Waals surface area (Å²) in [6, 6.07) is 4.66. The molecule has 2 rings (SSSR count). The van der Waals surface area contributed by atoms with Crippen molar-refractivity contribution in [3.63, 3.8) is 0 Å². The van der Waals surface area contributed by atoms with Crippen LogP contribution in [-0.2, 0) is 19.6 Å². The molecule has 9 nitrogen and oxygen atoms in total. The van der Waals surface area contributed by atoms with Gasteiger partial charge < -0.3 is 4.74 Å². The number of para-hydroxylation sites is 1. The minimum atomic E-state index is -4.11. The van der Waals surface area contributed by atoms with Gasteiger partial charge in [0, 0.05) is 36.6 Å². The van der Waals surface area contributed by atoms with Crippen LogP contribution < -0.4 is 0 Å². The number of rotatable bonds is 8. The largest absolute Gasteiger partial charge is 0.465 e. The molecule has 1 saturated heterocycles. The summed E-state index contributed by atoms with van der Waals surface area (Å²) in [5.41, 5.74) is -0.445. The van der Waals surface area contributed by atoms with Gasteiger partial charge >= 0.3 is 5.97 Å². The maximum absolute atomic E-state index is 13.4. The smallest absolute Gasteiger partial charge is 0.320 e. The molecule has 29 heavy (non-hydrogen) atoms. The van der Waals surface area contributed by atoms with Crippen molar-refractivity contribution < 1.29 is 22.9 Å². The Kier molecular flexibility index (Phi) is 8.15. The van der Waals surface area contributed by atoms with Crippen molar-refractivity contribution >= 4 is 37.6 Å². The fourth-order valence-corrected chi connectivity index (χ4v) is 5.98. The Balaban J connectivity index is 2.41. The van der Waals surface area contributed by atoms with Gasteiger partial charge in [-0.2, -0.15) is 4.31 Å². The third-order valence-electron chi connectivity index (χ3n) is 4.93. The molecule has 1 aromatic rings. The predicted octanol–water partition coefficient (Wildman–Crippen LogP) is 2.25. The van der Waals surface area contributed by atoms with E-state index in [1.54, 1.807) is 6.92 Å². The van der Waals surface area contributed by atoms with E-state index in [9.17, 15) is 23.3 Å². The zero-order valence-electron chi connectivity index (χ0n) is 16.7. The monoisotopic (exact) mass is 491 g/mol. The van der Waals surface area contributed by atoms with Gasteiger partial charge in [-0.1, -0.05) is 41.9 Å². The van der Waals surface area contributed by atoms with Crippen molar-refractivity contribution in [1.29, 1.82) is 0 Å². The number of piperazine rings is 1. The van der Waals surface area contributed by atoms with E-state index in [-0.39, 0.29) is 42.5 Å². The third kappa shape index (κ3) is 5.33. The highest BCUT2D eigenvalue weighted by molar-refractivity contribution is 9.09. The van der Waals surface area contributed by atoms with Gasteiger partial charge in [0.25, 0.3) is 5.69 Å². The molecule has 2 atom stereocenters. The number of hydrogen-bond acceptors (Lipinski definition) is 7. The molecule has 0 unspecified atom stereocenters. The summed E-state index contributed by atoms with van der Waals surface area (Å²) in [6.07, 6.45) is 0. The number of halogens is 1. The lowest BCUT2D eigenvalue weighted by Crippen LogP contribution is -2.62. The molecular weight excluding hydrogens is 466 g/mol. The van der Waals surface area contributed by atoms with E-state index >= 15 is 0 Å². The first kappa shape index (κ1) is 23.7. The van der Waals surface area contributed by atoms with Gasteiger partial charge in [-0.3, -0.25) is 19.8 Å². The normalized spacial score (nSPS) is 21.3. The van der Waals surface area contributed by atoms with Crippen LogP contribution in [0.3, 0.4) is 0 Å². The summed E-state index contributed by atoms with van der Waals surface area (Å²) in [5.74, 6) is -0.426. The van der Waals surface area contributed by atoms with Crippen LogP contribution in [0, 0.1) is 16.0 Å². The molecular formula is C18H26BrN3O6S. The van der Waals surface area contributed by atoms with Gasteiger partial charge in [-0.25, -0.2) is 8.42 Å². The standard InChI is InChI=1S/C18H26BrN3O6S/c1-4-28-18(23)12-20-11-16(13(2)3)21(10-14(20)9-19)29(26,27)17-8-6-5-7-15(17)22(24)25/h5-8,13-14,16H,4,9-12H2,1-3H3/t14-,16+/m0/s1. The third-order valence-corrected chi connectivity index (χ3v) is 7.62. The lowest BCUT2D eigenvalue weighted by atomic mass is 10.00. The molecule has 1 aliphatic heterocycles. The van der Waals surface area contributed by atoms with Crippen molar-refractivity contribution in [2.24, 2.45) is 5.92 Å². The Hall–Kier alpha value is -1.56. The molecule has 1 fully saturated rings. The lowest BCUT2D eigenvalue weighted by Gasteiger charge is -2.46. The van der Waals surface area contributed by atoms with Crippen LogP contribution in [0.4, 0.5) is 5.69 Å². The summed E-state index contributed by atoms with van der Waals surface area (Å²) in [7, 11) is -4.11. The molecule has 162 valence electrons. The Morgan fingerprint density at radius 2 is 2.00 bits per heavy atom. The molecule has 0 saturated carbocycles. The van der Waals surface area contributed by atoms with E-state index in [4.69, 9.17) is 4.74 Å². The van der Waals surface area contributed by atoms with E-state index in [1.165, 1.54) is 28.6 Å². The van der Waals surface area contributed by atoms with Crippen molar-refractivity contribution in [2.75, 3.05) is 31.6 Å². The maximum Gasteiger partial charge on any atom is 0.320 e. The minimum absolute atomic E-state index is 0.0616. The van der Waals surface area contributed by atoms with Crippen molar-refractivity contribution in [2.45, 2.75) is 37.8 Å². The van der Waals surface area contributed by atoms with E-state index < -0.39 is 26.7 Å². The molecule has 1 aromatic carbocycles. The molecule has 0 radical (unpaired) electrons. The molecule has 0 spiro atoms. The topological polar surface area (TPSA) is 110 Å². The number of nitro groups is 1. The van der Waals surface area contributed by atoms with Gasteiger partial charge in [-0.15, -0.1) is 0 Å². The molecule has 0 aliphatic carbocycles. The predicted molar refractivity (Wildman–Crippen MR) is 111 cm³/mol. The number of nitro benzene ring substituents is 1. The van der Waals surface area contributed by atoms with Gasteiger partial charge in [-0.05, 0) is 18.9 Å². The zero-order valence-corrected chi connectivity index (χ0v) is 19.1. The van der Waals surface area contributed by atoms with E-state index in [1.807, 2.05) is 18.7 Å². The molecule has 0 aromatic heterocycles. The number of hydrogen-bond donors (Lipinski definition) is 0. The van der Waals surface area contributed by atoms with Gasteiger partial charge in [0.05, 0.1) is 18.1 Å². The second kappa shape index (κ2) is 9.96. The second-order valence-corrected chi connectivity index (χ2v) is 9.66. The average molecular weight is 492 g/mol. The highest BCUT2D eigenvalue weighted by Crippen LogP contribution is 2.32. The number of alkyl halides is 1. The number of esters is 1. The average Bonchev–Trinajstić information content (AvgIpc) is 2.67. The highest BCUT2D eigenvalue weighted by Gasteiger charge is 2.43. The second-order valence-electron chi connectivity index (χ2n) is 7.15. The highest BCUT2D eigenvalue weighted by atomic mass is 79.9. The Morgan fingerprint density at radius 1 is 1.34 bits per heavy atom. The number of ether oxygens (including phenoxy) is 1. The van der Waals surface area contributed by atoms with Crippen LogP contribution in [-0.4, -0.2) is 72.2 Å². The Labute approximate surface area is 179 Å². The van der Waals surface area contributed by atoms with Crippen LogP contribution in [0.15, 0.2) is 29.2 Å². The van der Waals surface area contributed by atoms with E-state index in [2.05, 4.69) is 15.9 Å². The molecule has 1 heterocycles. The number of benzene rings is 1. The van der Waals surface area contributed by atoms with Crippen molar-refractivity contribution in [3.8, 4) is 0 Å². The first-order chi connectivity index (χ1) is 13.6. The Morgan fingerprint density at radius 3 is 2.55 bits per heavy atom. The SMILES string of the molecule is CCOC(=O)CN1C[C@H](C(C)C)N(S(=O)(=O)c2ccccc2[N+](=O)[O-])C[C@@H]1CBr. The van der Waals surface area contributed by atoms with E-state index in [0.717, 1.165) is 0 Å². The van der Waals surface area contributed by atoms with Crippen molar-refractivity contribution in [1.82, 2.24) is 9.21 Å². The summed E-state index contributed by atoms with van der Waals surface area (Å²) in [4.78, 5) is 24.3. The van der Waals surface area contributed by atoms with Gasteiger partial charge in [0.15, 0.2) is 4.90 Å². The number of carbonyl (C=O) groups excluding carboxylic acids is 1. The fraction of sp³-hybridized carbons (Fsp3) is 0.611.